The number of benzene rings is 3. The number of nitrogens with one attached hydrogen (secondary N) is 2. The van der Waals surface area contributed by atoms with Crippen molar-refractivity contribution >= 4 is 76.5 Å². The van der Waals surface area contributed by atoms with Gasteiger partial charge in [-0.2, -0.15) is 4.25 Å². The van der Waals surface area contributed by atoms with Gasteiger partial charge in [0.2, 0.25) is 38.2 Å². The average Bonchev–Trinajstić information content (AvgIpc) is 4.14. The number of ether oxygens (including phenoxy) is 6. The van der Waals surface area contributed by atoms with E-state index < -0.39 is 17.7 Å². The zero-order valence-electron chi connectivity index (χ0n) is 36.9. The lowest BCUT2D eigenvalue weighted by Crippen LogP contribution is -2.27. The standard InChI is InChI=1S/C16H14N6O4.C10H12N2O3.C8H7NO4.C6H4N4OS.C2H7N/c1-2-22-14(24)9-3-4-10-12(26-7-25-10)11(9)20-16(22)21-13(23)8-5-18-15(17)19-6-8;1-2-12-10(13)6-3-4-7-9(8(6)11)15-5-14-7;9-6-4(8(10)11)1-2-5-7(6)13-3-12-5;7-6-8-1-4(2-9-6)5(11)3-10-12;1-2-3/h3-6H,2,7H2,1H3,(H2,17,18,19)(H,20,21,23);3-4H,2,5,11H2,1H3,(H,12,13);1-2H,3,9H2,(H,10,11);1-2H,(H2,7,8,9);2-3H2,1H3. The van der Waals surface area contributed by atoms with Crippen molar-refractivity contribution < 1.29 is 52.7 Å². The Labute approximate surface area is 396 Å². The van der Waals surface area contributed by atoms with E-state index in [0.29, 0.717) is 69.7 Å². The Balaban J connectivity index is 0.000000178. The fraction of sp³-hybridized carbons (Fsp3) is 0.214. The van der Waals surface area contributed by atoms with E-state index in [4.69, 9.17) is 62.2 Å². The average molecular weight is 969 g/mol. The van der Waals surface area contributed by atoms with Gasteiger partial charge in [0.1, 0.15) is 5.52 Å². The monoisotopic (exact) mass is 968 g/mol. The Hall–Kier alpha value is -9.29. The molecule has 0 saturated carbocycles. The summed E-state index contributed by atoms with van der Waals surface area (Å²) in [6.45, 7) is 7.46. The van der Waals surface area contributed by atoms with Crippen LogP contribution in [0.2, 0.25) is 0 Å². The number of anilines is 5. The number of nitrogens with zero attached hydrogens (tertiary/aromatic N) is 7. The number of amides is 2. The molecule has 13 N–H and O–H groups in total. The van der Waals surface area contributed by atoms with Crippen molar-refractivity contribution in [3.05, 3.63) is 98.0 Å². The molecule has 26 nitrogen and oxygen atoms in total. The molecule has 27 heteroatoms. The Morgan fingerprint density at radius 1 is 0.725 bits per heavy atom. The number of aromatic carboxylic acids is 1. The van der Waals surface area contributed by atoms with Gasteiger partial charge in [-0.15, -0.1) is 0 Å². The molecule has 0 atom stereocenters. The van der Waals surface area contributed by atoms with Crippen LogP contribution in [0.3, 0.4) is 0 Å². The molecule has 0 unspecified atom stereocenters. The molecule has 3 aliphatic rings. The number of carbonyl (C=O) groups excluding carboxylic acids is 3. The number of aromatic nitrogens is 6. The minimum atomic E-state index is -1.07. The van der Waals surface area contributed by atoms with E-state index in [1.54, 1.807) is 31.2 Å². The summed E-state index contributed by atoms with van der Waals surface area (Å²) in [5.41, 5.74) is 28.2. The maximum Gasteiger partial charge on any atom is 0.337 e. The molecule has 0 radical (unpaired) electrons. The predicted octanol–water partition coefficient (Wildman–Crippen LogP) is 2.21. The highest BCUT2D eigenvalue weighted by atomic mass is 32.1. The molecule has 360 valence electrons. The van der Waals surface area contributed by atoms with Crippen molar-refractivity contribution in [2.24, 2.45) is 5.73 Å². The van der Waals surface area contributed by atoms with E-state index in [1.165, 1.54) is 41.5 Å². The van der Waals surface area contributed by atoms with Crippen LogP contribution in [0.4, 0.5) is 29.2 Å². The third-order valence-electron chi connectivity index (χ3n) is 8.99. The van der Waals surface area contributed by atoms with Crippen LogP contribution in [0.5, 0.6) is 34.5 Å². The van der Waals surface area contributed by atoms with Crippen molar-refractivity contribution in [1.29, 1.82) is 0 Å². The number of fused-ring (bicyclic) bond motifs is 5. The van der Waals surface area contributed by atoms with E-state index in [9.17, 15) is 24.0 Å². The van der Waals surface area contributed by atoms with Gasteiger partial charge in [0.25, 0.3) is 17.4 Å². The minimum Gasteiger partial charge on any atom is -0.478 e. The van der Waals surface area contributed by atoms with E-state index in [0.717, 1.165) is 6.54 Å². The second kappa shape index (κ2) is 23.8. The zero-order chi connectivity index (χ0) is 50.2. The van der Waals surface area contributed by atoms with Crippen LogP contribution in [0.1, 0.15) is 62.2 Å². The number of nitrogen functional groups attached to an aromatic ring is 4. The molecule has 3 aromatic heterocycles. The number of Topliss-reactive ketones (excluding diaryl/α,β-unsaturated/α-hetero) is 1. The number of hydrogen-bond acceptors (Lipinski definition) is 22. The number of carboxylic acid groups (broad SMARTS) is 1. The molecule has 0 fully saturated rings. The Morgan fingerprint density at radius 3 is 1.71 bits per heavy atom. The Morgan fingerprint density at radius 2 is 1.20 bits per heavy atom. The fourth-order valence-electron chi connectivity index (χ4n) is 5.86. The molecule has 6 aromatic rings. The minimum absolute atomic E-state index is 0.0317. The zero-order valence-corrected chi connectivity index (χ0v) is 37.7. The Kier molecular flexibility index (Phi) is 17.5. The molecular formula is C42H44N14O12S. The molecule has 3 aliphatic heterocycles. The molecule has 9 rings (SSSR count). The number of nitrogens with two attached hydrogens (primary N) is 5. The van der Waals surface area contributed by atoms with Crippen LogP contribution in [-0.4, -0.2) is 91.6 Å². The van der Waals surface area contributed by atoms with Gasteiger partial charge in [0.05, 0.1) is 39.0 Å². The first kappa shape index (κ1) is 50.7. The van der Waals surface area contributed by atoms with Crippen molar-refractivity contribution in [3.8, 4) is 40.6 Å². The first-order valence-electron chi connectivity index (χ1n) is 20.2. The van der Waals surface area contributed by atoms with Gasteiger partial charge < -0.3 is 67.5 Å². The highest BCUT2D eigenvalue weighted by Crippen LogP contribution is 2.41. The molecule has 3 aromatic carbocycles. The van der Waals surface area contributed by atoms with Crippen molar-refractivity contribution in [2.45, 2.75) is 27.3 Å². The lowest BCUT2D eigenvalue weighted by atomic mass is 10.1. The molecule has 69 heavy (non-hydrogen) atoms. The highest BCUT2D eigenvalue weighted by Gasteiger charge is 2.24. The van der Waals surface area contributed by atoms with Gasteiger partial charge in [-0.1, -0.05) is 6.92 Å². The molecule has 0 spiro atoms. The van der Waals surface area contributed by atoms with Gasteiger partial charge in [-0.3, -0.25) is 41.9 Å². The van der Waals surface area contributed by atoms with E-state index >= 15 is 0 Å². The summed E-state index contributed by atoms with van der Waals surface area (Å²) in [4.78, 5) is 77.6. The number of ketones is 1. The number of rotatable bonds is 7. The first-order chi connectivity index (χ1) is 33.2. The lowest BCUT2D eigenvalue weighted by Gasteiger charge is -2.13. The van der Waals surface area contributed by atoms with Crippen LogP contribution < -0.4 is 73.3 Å². The Bertz CT molecular complexity index is 2980. The fourth-order valence-corrected chi connectivity index (χ4v) is 5.94. The van der Waals surface area contributed by atoms with Crippen LogP contribution in [0.15, 0.2) is 66.0 Å². The summed E-state index contributed by atoms with van der Waals surface area (Å²) >= 11 is 4.18. The SMILES string of the molecule is CCN.CCNC(=O)c1ccc2c(c1N)OCO2.CCn1c(NC(=O)c2cnc(N)nc2)nc2c3c(ccc2c1=O)OCO3.Nc1c(C(=O)O)ccc2c1OCO2.Nc1ncc(C(=O)C#[N+][S-])cn1. The third kappa shape index (κ3) is 12.3. The second-order valence-electron chi connectivity index (χ2n) is 13.4. The molecule has 0 saturated heterocycles. The van der Waals surface area contributed by atoms with Crippen LogP contribution >= 0.6 is 0 Å². The highest BCUT2D eigenvalue weighted by molar-refractivity contribution is 7.61. The van der Waals surface area contributed by atoms with Gasteiger partial charge >= 0.3 is 17.8 Å². The maximum atomic E-state index is 12.8. The van der Waals surface area contributed by atoms with Crippen LogP contribution in [0.25, 0.3) is 15.2 Å². The van der Waals surface area contributed by atoms with E-state index in [1.807, 2.05) is 13.8 Å². The number of carboxylic acids is 1. The molecule has 2 amide bonds. The van der Waals surface area contributed by atoms with Gasteiger partial charge in [-0.05, 0) is 56.8 Å². The topological polar surface area (TPSA) is 389 Å². The van der Waals surface area contributed by atoms with Crippen LogP contribution in [0, 0.1) is 6.07 Å². The van der Waals surface area contributed by atoms with Crippen molar-refractivity contribution in [1.82, 2.24) is 34.8 Å². The molecular weight excluding hydrogens is 925 g/mol. The van der Waals surface area contributed by atoms with Gasteiger partial charge in [0, 0.05) is 37.9 Å². The van der Waals surface area contributed by atoms with Crippen LogP contribution in [-0.2, 0) is 19.4 Å². The maximum absolute atomic E-state index is 12.8. The summed E-state index contributed by atoms with van der Waals surface area (Å²) in [5.74, 6) is 0.761. The largest absolute Gasteiger partial charge is 0.478 e. The predicted molar refractivity (Wildman–Crippen MR) is 251 cm³/mol. The summed E-state index contributed by atoms with van der Waals surface area (Å²) in [5, 5.41) is 14.4. The molecule has 0 aliphatic carbocycles. The number of carbonyl (C=O) groups is 4. The summed E-state index contributed by atoms with van der Waals surface area (Å²) in [7, 11) is 0. The quantitative estimate of drug-likeness (QED) is 0.0492. The number of hydrogen-bond donors (Lipinski definition) is 8. The first-order valence-corrected chi connectivity index (χ1v) is 20.5. The lowest BCUT2D eigenvalue weighted by molar-refractivity contribution is 0.0696. The summed E-state index contributed by atoms with van der Waals surface area (Å²) < 4.78 is 35.5. The van der Waals surface area contributed by atoms with E-state index in [2.05, 4.69) is 58.7 Å². The van der Waals surface area contributed by atoms with E-state index in [-0.39, 0.29) is 72.1 Å². The second-order valence-corrected chi connectivity index (χ2v) is 13.6. The van der Waals surface area contributed by atoms with Crippen molar-refractivity contribution in [2.75, 3.05) is 61.7 Å². The van der Waals surface area contributed by atoms with Gasteiger partial charge in [-0.25, -0.2) is 29.7 Å². The smallest absolute Gasteiger partial charge is 0.337 e. The summed E-state index contributed by atoms with van der Waals surface area (Å²) in [6, 6.07) is 11.6. The summed E-state index contributed by atoms with van der Waals surface area (Å²) in [6.07, 6.45) is 5.17. The van der Waals surface area contributed by atoms with Gasteiger partial charge in [0.15, 0.2) is 34.5 Å². The van der Waals surface area contributed by atoms with Crippen molar-refractivity contribution in [3.63, 3.8) is 0 Å². The third-order valence-corrected chi connectivity index (χ3v) is 9.08. The normalized spacial score (nSPS) is 11.5. The molecule has 6 heterocycles. The molecule has 0 bridgehead atoms.